The number of amides is 1. The van der Waals surface area contributed by atoms with Gasteiger partial charge in [0.2, 0.25) is 5.91 Å². The van der Waals surface area contributed by atoms with Gasteiger partial charge >= 0.3 is 0 Å². The highest BCUT2D eigenvalue weighted by Crippen LogP contribution is 2.15. The SMILES string of the molecule is CC[C@@H](CO)NC(=O)/C=C/c1ccccc1Cl. The van der Waals surface area contributed by atoms with E-state index in [1.807, 2.05) is 25.1 Å². The van der Waals surface area contributed by atoms with Gasteiger partial charge in [0.1, 0.15) is 0 Å². The van der Waals surface area contributed by atoms with Gasteiger partial charge in [-0.3, -0.25) is 4.79 Å². The highest BCUT2D eigenvalue weighted by Gasteiger charge is 2.06. The fraction of sp³-hybridized carbons (Fsp3) is 0.308. The first kappa shape index (κ1) is 13.7. The number of hydrogen-bond donors (Lipinski definition) is 2. The third kappa shape index (κ3) is 4.59. The standard InChI is InChI=1S/C13H16ClNO2/c1-2-11(9-16)15-13(17)8-7-10-5-3-4-6-12(10)14/h3-8,11,16H,2,9H2,1H3,(H,15,17)/b8-7+/t11-/m0/s1. The maximum Gasteiger partial charge on any atom is 0.244 e. The monoisotopic (exact) mass is 253 g/mol. The Morgan fingerprint density at radius 2 is 2.24 bits per heavy atom. The molecule has 0 heterocycles. The number of carbonyl (C=O) groups excluding carboxylic acids is 1. The van der Waals surface area contributed by atoms with Gasteiger partial charge in [-0.2, -0.15) is 0 Å². The highest BCUT2D eigenvalue weighted by atomic mass is 35.5. The average molecular weight is 254 g/mol. The summed E-state index contributed by atoms with van der Waals surface area (Å²) in [6.07, 6.45) is 3.77. The van der Waals surface area contributed by atoms with Crippen molar-refractivity contribution in [3.63, 3.8) is 0 Å². The van der Waals surface area contributed by atoms with Crippen LogP contribution in [0.2, 0.25) is 5.02 Å². The fourth-order valence-corrected chi connectivity index (χ4v) is 1.50. The first-order valence-corrected chi connectivity index (χ1v) is 5.89. The molecule has 2 N–H and O–H groups in total. The summed E-state index contributed by atoms with van der Waals surface area (Å²) < 4.78 is 0. The fourth-order valence-electron chi connectivity index (χ4n) is 1.30. The molecule has 0 aliphatic heterocycles. The van der Waals surface area contributed by atoms with Crippen LogP contribution < -0.4 is 5.32 Å². The molecule has 0 saturated heterocycles. The van der Waals surface area contributed by atoms with Gasteiger partial charge in [0, 0.05) is 11.1 Å². The van der Waals surface area contributed by atoms with Crippen LogP contribution in [0.5, 0.6) is 0 Å². The van der Waals surface area contributed by atoms with Gasteiger partial charge in [0.25, 0.3) is 0 Å². The highest BCUT2D eigenvalue weighted by molar-refractivity contribution is 6.32. The molecule has 17 heavy (non-hydrogen) atoms. The van der Waals surface area contributed by atoms with E-state index in [0.29, 0.717) is 11.4 Å². The molecule has 0 saturated carbocycles. The van der Waals surface area contributed by atoms with Crippen LogP contribution in [0.25, 0.3) is 6.08 Å². The zero-order valence-electron chi connectivity index (χ0n) is 9.69. The average Bonchev–Trinajstić information content (AvgIpc) is 2.35. The Morgan fingerprint density at radius 1 is 1.53 bits per heavy atom. The molecule has 3 nitrogen and oxygen atoms in total. The molecule has 0 bridgehead atoms. The third-order valence-corrected chi connectivity index (χ3v) is 2.72. The number of nitrogens with one attached hydrogen (secondary N) is 1. The molecule has 0 aromatic heterocycles. The molecule has 4 heteroatoms. The topological polar surface area (TPSA) is 49.3 Å². The molecule has 0 unspecified atom stereocenters. The summed E-state index contributed by atoms with van der Waals surface area (Å²) >= 11 is 5.95. The van der Waals surface area contributed by atoms with Gasteiger partial charge in [-0.25, -0.2) is 0 Å². The van der Waals surface area contributed by atoms with Crippen molar-refractivity contribution in [2.24, 2.45) is 0 Å². The Kier molecular flexibility index (Phi) is 5.73. The van der Waals surface area contributed by atoms with Crippen molar-refractivity contribution in [3.8, 4) is 0 Å². The van der Waals surface area contributed by atoms with E-state index >= 15 is 0 Å². The minimum atomic E-state index is -0.231. The number of rotatable bonds is 5. The lowest BCUT2D eigenvalue weighted by Crippen LogP contribution is -2.35. The van der Waals surface area contributed by atoms with E-state index in [2.05, 4.69) is 5.32 Å². The predicted molar refractivity (Wildman–Crippen MR) is 69.8 cm³/mol. The number of benzene rings is 1. The van der Waals surface area contributed by atoms with E-state index in [-0.39, 0.29) is 18.6 Å². The summed E-state index contributed by atoms with van der Waals surface area (Å²) in [6.45, 7) is 1.85. The van der Waals surface area contributed by atoms with E-state index < -0.39 is 0 Å². The van der Waals surface area contributed by atoms with Crippen molar-refractivity contribution in [3.05, 3.63) is 40.9 Å². The maximum absolute atomic E-state index is 11.5. The molecule has 0 spiro atoms. The first-order valence-electron chi connectivity index (χ1n) is 5.51. The second-order valence-electron chi connectivity index (χ2n) is 3.65. The molecule has 0 aliphatic carbocycles. The zero-order valence-corrected chi connectivity index (χ0v) is 10.4. The van der Waals surface area contributed by atoms with Crippen molar-refractivity contribution in [1.29, 1.82) is 0 Å². The summed E-state index contributed by atoms with van der Waals surface area (Å²) in [5, 5.41) is 12.2. The Labute approximate surface area is 106 Å². The Bertz CT molecular complexity index is 400. The van der Waals surface area contributed by atoms with Crippen LogP contribution in [-0.4, -0.2) is 23.7 Å². The van der Waals surface area contributed by atoms with E-state index in [1.54, 1.807) is 12.1 Å². The van der Waals surface area contributed by atoms with Gasteiger partial charge in [0.15, 0.2) is 0 Å². The van der Waals surface area contributed by atoms with Crippen LogP contribution >= 0.6 is 11.6 Å². The number of carbonyl (C=O) groups is 1. The molecular formula is C13H16ClNO2. The Morgan fingerprint density at radius 3 is 2.82 bits per heavy atom. The number of aliphatic hydroxyl groups is 1. The number of halogens is 1. The molecule has 1 amide bonds. The smallest absolute Gasteiger partial charge is 0.244 e. The summed E-state index contributed by atoms with van der Waals surface area (Å²) in [4.78, 5) is 11.5. The largest absolute Gasteiger partial charge is 0.394 e. The van der Waals surface area contributed by atoms with E-state index in [4.69, 9.17) is 16.7 Å². The Hall–Kier alpha value is -1.32. The second-order valence-corrected chi connectivity index (χ2v) is 4.06. The van der Waals surface area contributed by atoms with Crippen LogP contribution in [0, 0.1) is 0 Å². The van der Waals surface area contributed by atoms with Crippen LogP contribution in [-0.2, 0) is 4.79 Å². The van der Waals surface area contributed by atoms with Gasteiger partial charge in [-0.05, 0) is 24.1 Å². The Balaban J connectivity index is 2.60. The molecule has 0 radical (unpaired) electrons. The molecule has 1 rings (SSSR count). The normalized spacial score (nSPS) is 12.6. The molecule has 1 aromatic rings. The summed E-state index contributed by atoms with van der Waals surface area (Å²) in [5.41, 5.74) is 0.793. The number of aliphatic hydroxyl groups excluding tert-OH is 1. The first-order chi connectivity index (χ1) is 8.17. The van der Waals surface area contributed by atoms with Crippen molar-refractivity contribution >= 4 is 23.6 Å². The number of hydrogen-bond acceptors (Lipinski definition) is 2. The van der Waals surface area contributed by atoms with Gasteiger partial charge in [-0.1, -0.05) is 36.7 Å². The lowest BCUT2D eigenvalue weighted by atomic mass is 10.2. The summed E-state index contributed by atoms with van der Waals surface area (Å²) in [6, 6.07) is 7.08. The van der Waals surface area contributed by atoms with E-state index in [9.17, 15) is 4.79 Å². The molecule has 1 atom stereocenters. The van der Waals surface area contributed by atoms with Crippen molar-refractivity contribution in [1.82, 2.24) is 5.32 Å². The molecular weight excluding hydrogens is 238 g/mol. The van der Waals surface area contributed by atoms with Crippen molar-refractivity contribution < 1.29 is 9.90 Å². The van der Waals surface area contributed by atoms with Crippen LogP contribution in [0.3, 0.4) is 0 Å². The quantitative estimate of drug-likeness (QED) is 0.791. The van der Waals surface area contributed by atoms with Crippen molar-refractivity contribution in [2.75, 3.05) is 6.61 Å². The van der Waals surface area contributed by atoms with Gasteiger partial charge in [-0.15, -0.1) is 0 Å². The summed E-state index contributed by atoms with van der Waals surface area (Å²) in [7, 11) is 0. The van der Waals surface area contributed by atoms with Crippen LogP contribution in [0.4, 0.5) is 0 Å². The minimum Gasteiger partial charge on any atom is -0.394 e. The minimum absolute atomic E-state index is 0.0534. The maximum atomic E-state index is 11.5. The van der Waals surface area contributed by atoms with Crippen LogP contribution in [0.1, 0.15) is 18.9 Å². The molecule has 0 aliphatic rings. The van der Waals surface area contributed by atoms with Gasteiger partial charge < -0.3 is 10.4 Å². The second kappa shape index (κ2) is 7.09. The molecule has 92 valence electrons. The lowest BCUT2D eigenvalue weighted by Gasteiger charge is -2.11. The zero-order chi connectivity index (χ0) is 12.7. The van der Waals surface area contributed by atoms with Crippen molar-refractivity contribution in [2.45, 2.75) is 19.4 Å². The molecule has 1 aromatic carbocycles. The lowest BCUT2D eigenvalue weighted by molar-refractivity contribution is -0.117. The van der Waals surface area contributed by atoms with Gasteiger partial charge in [0.05, 0.1) is 12.6 Å². The third-order valence-electron chi connectivity index (χ3n) is 2.38. The van der Waals surface area contributed by atoms with Crippen LogP contribution in [0.15, 0.2) is 30.3 Å². The molecule has 0 fully saturated rings. The van der Waals surface area contributed by atoms with E-state index in [1.165, 1.54) is 6.08 Å². The predicted octanol–water partition coefficient (Wildman–Crippen LogP) is 2.24. The summed E-state index contributed by atoms with van der Waals surface area (Å²) in [5.74, 6) is -0.231. The van der Waals surface area contributed by atoms with E-state index in [0.717, 1.165) is 5.56 Å².